The summed E-state index contributed by atoms with van der Waals surface area (Å²) in [5.41, 5.74) is 5.18. The fraction of sp³-hybridized carbons (Fsp3) is 0.192. The van der Waals surface area contributed by atoms with Gasteiger partial charge in [0, 0.05) is 22.5 Å². The average Bonchev–Trinajstić information content (AvgIpc) is 3.16. The van der Waals surface area contributed by atoms with Gasteiger partial charge in [-0.05, 0) is 56.4 Å². The first-order chi connectivity index (χ1) is 16.3. The van der Waals surface area contributed by atoms with Gasteiger partial charge >= 0.3 is 12.1 Å². The molecule has 1 atom stereocenters. The zero-order chi connectivity index (χ0) is 24.2. The van der Waals surface area contributed by atoms with Crippen LogP contribution in [0.15, 0.2) is 71.2 Å². The molecule has 0 saturated heterocycles. The molecule has 174 valence electrons. The second kappa shape index (κ2) is 10.1. The zero-order valence-corrected chi connectivity index (χ0v) is 20.0. The van der Waals surface area contributed by atoms with Gasteiger partial charge in [0.25, 0.3) is 5.91 Å². The summed E-state index contributed by atoms with van der Waals surface area (Å²) in [5, 5.41) is 14.2. The number of nitrogens with one attached hydrogen (secondary N) is 2. The number of hydrogen-bond acceptors (Lipinski definition) is 4. The Bertz CT molecular complexity index is 1210. The van der Waals surface area contributed by atoms with Crippen LogP contribution in [0.2, 0.25) is 0 Å². The lowest BCUT2D eigenvalue weighted by Gasteiger charge is -2.15. The molecule has 34 heavy (non-hydrogen) atoms. The van der Waals surface area contributed by atoms with E-state index >= 15 is 0 Å². The molecule has 1 aliphatic rings. The number of carbonyl (C=O) groups excluding carboxylic acids is 2. The maximum atomic E-state index is 12.6. The summed E-state index contributed by atoms with van der Waals surface area (Å²) in [5.74, 6) is -2.20. The molecule has 4 rings (SSSR count). The van der Waals surface area contributed by atoms with E-state index in [1.54, 1.807) is 12.1 Å². The Labute approximate surface area is 205 Å². The lowest BCUT2D eigenvalue weighted by Crippen LogP contribution is -2.31. The summed E-state index contributed by atoms with van der Waals surface area (Å²) in [6.45, 7) is 1.68. The summed E-state index contributed by atoms with van der Waals surface area (Å²) < 4.78 is 6.15. The predicted octanol–water partition coefficient (Wildman–Crippen LogP) is 5.26. The van der Waals surface area contributed by atoms with Crippen LogP contribution in [-0.4, -0.2) is 36.2 Å². The Kier molecular flexibility index (Phi) is 6.98. The summed E-state index contributed by atoms with van der Waals surface area (Å²) in [7, 11) is 0. The van der Waals surface area contributed by atoms with Crippen LogP contribution in [0.5, 0.6) is 0 Å². The molecule has 0 heterocycles. The van der Waals surface area contributed by atoms with E-state index in [0.717, 1.165) is 22.3 Å². The van der Waals surface area contributed by atoms with Gasteiger partial charge < -0.3 is 15.2 Å². The normalized spacial score (nSPS) is 12.9. The van der Waals surface area contributed by atoms with E-state index in [9.17, 15) is 14.4 Å². The standard InChI is InChI=1S/C26H23BrN2O5/c1-15(25(31)32)13-28-24(30)16-10-11-22(27)23(12-16)29-26(33)34-14-21-19-8-4-2-6-17(19)18-7-3-5-9-20(18)21/h2-12,15,21H,13-14H2,1H3,(H,28,30)(H,29,33)(H,31,32). The van der Waals surface area contributed by atoms with Crippen LogP contribution in [0, 0.1) is 5.92 Å². The van der Waals surface area contributed by atoms with Crippen molar-refractivity contribution in [3.8, 4) is 11.1 Å². The first-order valence-electron chi connectivity index (χ1n) is 10.8. The van der Waals surface area contributed by atoms with Crippen molar-refractivity contribution in [3.05, 3.63) is 87.9 Å². The van der Waals surface area contributed by atoms with Crippen molar-refractivity contribution in [1.82, 2.24) is 5.32 Å². The number of hydrogen-bond donors (Lipinski definition) is 3. The van der Waals surface area contributed by atoms with Gasteiger partial charge in [0.2, 0.25) is 0 Å². The Hall–Kier alpha value is -3.65. The highest BCUT2D eigenvalue weighted by molar-refractivity contribution is 9.10. The van der Waals surface area contributed by atoms with E-state index in [4.69, 9.17) is 9.84 Å². The molecule has 0 bridgehead atoms. The fourth-order valence-corrected chi connectivity index (χ4v) is 4.29. The van der Waals surface area contributed by atoms with E-state index < -0.39 is 23.9 Å². The topological polar surface area (TPSA) is 105 Å². The van der Waals surface area contributed by atoms with Gasteiger partial charge in [-0.15, -0.1) is 0 Å². The van der Waals surface area contributed by atoms with Crippen LogP contribution in [-0.2, 0) is 9.53 Å². The van der Waals surface area contributed by atoms with Crippen LogP contribution < -0.4 is 10.6 Å². The lowest BCUT2D eigenvalue weighted by molar-refractivity contribution is -0.140. The Balaban J connectivity index is 1.41. The molecule has 0 radical (unpaired) electrons. The number of carboxylic acids is 1. The lowest BCUT2D eigenvalue weighted by atomic mass is 9.98. The molecule has 1 aliphatic carbocycles. The van der Waals surface area contributed by atoms with Crippen LogP contribution in [0.4, 0.5) is 10.5 Å². The fourth-order valence-electron chi connectivity index (χ4n) is 3.94. The third kappa shape index (κ3) is 4.97. The van der Waals surface area contributed by atoms with Crippen molar-refractivity contribution >= 4 is 39.6 Å². The monoisotopic (exact) mass is 522 g/mol. The number of benzene rings is 3. The molecule has 0 saturated carbocycles. The summed E-state index contributed by atoms with van der Waals surface area (Å²) in [6.07, 6.45) is -0.639. The van der Waals surface area contributed by atoms with Gasteiger partial charge in [-0.25, -0.2) is 4.79 Å². The molecule has 1 unspecified atom stereocenters. The molecule has 3 N–H and O–H groups in total. The highest BCUT2D eigenvalue weighted by Gasteiger charge is 2.29. The van der Waals surface area contributed by atoms with Gasteiger partial charge in [0.15, 0.2) is 0 Å². The van der Waals surface area contributed by atoms with E-state index in [2.05, 4.69) is 38.7 Å². The molecule has 0 fully saturated rings. The van der Waals surface area contributed by atoms with Crippen molar-refractivity contribution in [3.63, 3.8) is 0 Å². The van der Waals surface area contributed by atoms with Crippen molar-refractivity contribution in [2.24, 2.45) is 5.92 Å². The molecule has 3 aromatic carbocycles. The third-order valence-electron chi connectivity index (χ3n) is 5.80. The molecule has 8 heteroatoms. The zero-order valence-electron chi connectivity index (χ0n) is 18.4. The molecule has 0 spiro atoms. The number of ether oxygens (including phenoxy) is 1. The quantitative estimate of drug-likeness (QED) is 0.392. The molecular weight excluding hydrogens is 500 g/mol. The summed E-state index contributed by atoms with van der Waals surface area (Å²) >= 11 is 3.37. The van der Waals surface area contributed by atoms with Crippen molar-refractivity contribution in [1.29, 1.82) is 0 Å². The van der Waals surface area contributed by atoms with Crippen LogP contribution >= 0.6 is 15.9 Å². The number of amides is 2. The maximum Gasteiger partial charge on any atom is 0.411 e. The molecule has 7 nitrogen and oxygen atoms in total. The third-order valence-corrected chi connectivity index (χ3v) is 6.49. The second-order valence-corrected chi connectivity index (χ2v) is 8.95. The Morgan fingerprint density at radius 1 is 1.00 bits per heavy atom. The van der Waals surface area contributed by atoms with Crippen molar-refractivity contribution in [2.75, 3.05) is 18.5 Å². The summed E-state index contributed by atoms with van der Waals surface area (Å²) in [6, 6.07) is 20.9. The number of halogens is 1. The van der Waals surface area contributed by atoms with E-state index in [0.29, 0.717) is 10.2 Å². The van der Waals surface area contributed by atoms with Gasteiger partial charge in [0.1, 0.15) is 6.61 Å². The van der Waals surface area contributed by atoms with E-state index in [1.807, 2.05) is 36.4 Å². The number of fused-ring (bicyclic) bond motifs is 3. The van der Waals surface area contributed by atoms with Gasteiger partial charge in [-0.2, -0.15) is 0 Å². The number of anilines is 1. The molecular formula is C26H23BrN2O5. The Morgan fingerprint density at radius 2 is 1.62 bits per heavy atom. The minimum atomic E-state index is -0.992. The highest BCUT2D eigenvalue weighted by atomic mass is 79.9. The van der Waals surface area contributed by atoms with Crippen LogP contribution in [0.3, 0.4) is 0 Å². The number of carbonyl (C=O) groups is 3. The minimum Gasteiger partial charge on any atom is -0.481 e. The van der Waals surface area contributed by atoms with Crippen LogP contribution in [0.25, 0.3) is 11.1 Å². The van der Waals surface area contributed by atoms with Gasteiger partial charge in [0.05, 0.1) is 11.6 Å². The highest BCUT2D eigenvalue weighted by Crippen LogP contribution is 2.44. The maximum absolute atomic E-state index is 12.6. The van der Waals surface area contributed by atoms with E-state index in [1.165, 1.54) is 13.0 Å². The Morgan fingerprint density at radius 3 is 2.24 bits per heavy atom. The van der Waals surface area contributed by atoms with Crippen molar-refractivity contribution in [2.45, 2.75) is 12.8 Å². The molecule has 3 aromatic rings. The number of carboxylic acid groups (broad SMARTS) is 1. The van der Waals surface area contributed by atoms with E-state index in [-0.39, 0.29) is 24.6 Å². The van der Waals surface area contributed by atoms with Crippen molar-refractivity contribution < 1.29 is 24.2 Å². The van der Waals surface area contributed by atoms with Gasteiger partial charge in [-0.1, -0.05) is 55.5 Å². The first kappa shape index (κ1) is 23.5. The first-order valence-corrected chi connectivity index (χ1v) is 11.6. The minimum absolute atomic E-state index is 0.000624. The second-order valence-electron chi connectivity index (χ2n) is 8.09. The predicted molar refractivity (Wildman–Crippen MR) is 132 cm³/mol. The largest absolute Gasteiger partial charge is 0.481 e. The molecule has 0 aliphatic heterocycles. The summed E-state index contributed by atoms with van der Waals surface area (Å²) in [4.78, 5) is 35.9. The number of aliphatic carboxylic acids is 1. The molecule has 0 aromatic heterocycles. The SMILES string of the molecule is CC(CNC(=O)c1ccc(Br)c(NC(=O)OCC2c3ccccc3-c3ccccc32)c1)C(=O)O. The average molecular weight is 523 g/mol. The molecule has 2 amide bonds. The van der Waals surface area contributed by atoms with Gasteiger partial charge in [-0.3, -0.25) is 14.9 Å². The number of rotatable bonds is 7. The van der Waals surface area contributed by atoms with Crippen LogP contribution in [0.1, 0.15) is 34.3 Å². The smallest absolute Gasteiger partial charge is 0.411 e.